The van der Waals surface area contributed by atoms with E-state index in [1.807, 2.05) is 0 Å². The lowest BCUT2D eigenvalue weighted by atomic mass is 10.1. The molecule has 3 rings (SSSR count). The number of hydrogen-bond donors (Lipinski definition) is 3. The third kappa shape index (κ3) is 5.15. The van der Waals surface area contributed by atoms with Crippen LogP contribution in [0, 0.1) is 11.2 Å². The van der Waals surface area contributed by atoms with Crippen molar-refractivity contribution in [2.45, 2.75) is 12.8 Å². The van der Waals surface area contributed by atoms with Gasteiger partial charge in [-0.25, -0.2) is 9.37 Å². The number of aromatic nitrogens is 2. The Morgan fingerprint density at radius 1 is 1.23 bits per heavy atom. The van der Waals surface area contributed by atoms with E-state index in [1.165, 1.54) is 24.3 Å². The Morgan fingerprint density at radius 3 is 2.67 bits per heavy atom. The predicted molar refractivity (Wildman–Crippen MR) is 103 cm³/mol. The fourth-order valence-corrected chi connectivity index (χ4v) is 2.78. The quantitative estimate of drug-likeness (QED) is 0.379. The maximum Gasteiger partial charge on any atom is 0.573 e. The Hall–Kier alpha value is -3.40. The van der Waals surface area contributed by atoms with Crippen molar-refractivity contribution >= 4 is 29.3 Å². The minimum atomic E-state index is -4.89. The Bertz CT molecular complexity index is 1150. The van der Waals surface area contributed by atoms with Crippen LogP contribution in [0.15, 0.2) is 47.3 Å². The van der Waals surface area contributed by atoms with Crippen LogP contribution in [0.5, 0.6) is 5.75 Å². The molecule has 0 aliphatic carbocycles. The van der Waals surface area contributed by atoms with E-state index in [0.29, 0.717) is 0 Å². The number of halogens is 5. The van der Waals surface area contributed by atoms with E-state index in [9.17, 15) is 22.4 Å². The molecule has 0 unspecified atom stereocenters. The first-order valence-corrected chi connectivity index (χ1v) is 8.73. The molecule has 0 aliphatic rings. The maximum absolute atomic E-state index is 13.5. The lowest BCUT2D eigenvalue weighted by Gasteiger charge is -2.14. The average Bonchev–Trinajstić information content (AvgIpc) is 2.65. The van der Waals surface area contributed by atoms with Gasteiger partial charge in [0.15, 0.2) is 0 Å². The first-order valence-electron chi connectivity index (χ1n) is 8.35. The summed E-state index contributed by atoms with van der Waals surface area (Å²) in [6.07, 6.45) is -4.35. The van der Waals surface area contributed by atoms with Gasteiger partial charge in [0, 0.05) is 18.2 Å². The van der Waals surface area contributed by atoms with Crippen molar-refractivity contribution in [3.63, 3.8) is 0 Å². The van der Waals surface area contributed by atoms with E-state index in [4.69, 9.17) is 17.0 Å². The molecule has 3 N–H and O–H groups in total. The Balaban J connectivity index is 1.99. The van der Waals surface area contributed by atoms with Crippen LogP contribution < -0.4 is 15.6 Å². The SMILES string of the molecule is N=Cc1c(Nc2cc(F)ccc2Cl)nc(Cc2ccccc2OC(F)(F)F)[nH]c1=O. The number of aromatic amines is 1. The molecule has 1 aromatic heterocycles. The van der Waals surface area contributed by atoms with Gasteiger partial charge in [0.05, 0.1) is 16.3 Å². The van der Waals surface area contributed by atoms with Crippen LogP contribution in [0.3, 0.4) is 0 Å². The highest BCUT2D eigenvalue weighted by atomic mass is 35.5. The van der Waals surface area contributed by atoms with E-state index in [2.05, 4.69) is 20.0 Å². The highest BCUT2D eigenvalue weighted by Crippen LogP contribution is 2.28. The highest BCUT2D eigenvalue weighted by molar-refractivity contribution is 6.33. The Morgan fingerprint density at radius 2 is 1.97 bits per heavy atom. The van der Waals surface area contributed by atoms with Crippen molar-refractivity contribution in [2.24, 2.45) is 0 Å². The molecular weight excluding hydrogens is 428 g/mol. The predicted octanol–water partition coefficient (Wildman–Crippen LogP) is 4.79. The normalized spacial score (nSPS) is 11.2. The second kappa shape index (κ2) is 8.54. The fourth-order valence-electron chi connectivity index (χ4n) is 2.62. The minimum Gasteiger partial charge on any atom is -0.405 e. The molecule has 11 heteroatoms. The van der Waals surface area contributed by atoms with Crippen LogP contribution in [0.2, 0.25) is 5.02 Å². The van der Waals surface area contributed by atoms with Gasteiger partial charge in [0.1, 0.15) is 23.2 Å². The molecule has 3 aromatic rings. The van der Waals surface area contributed by atoms with Crippen molar-refractivity contribution in [2.75, 3.05) is 5.32 Å². The third-order valence-corrected chi connectivity index (χ3v) is 4.22. The zero-order chi connectivity index (χ0) is 21.9. The van der Waals surface area contributed by atoms with Crippen LogP contribution >= 0.6 is 11.6 Å². The first kappa shape index (κ1) is 21.3. The topological polar surface area (TPSA) is 90.9 Å². The number of ether oxygens (including phenoxy) is 1. The maximum atomic E-state index is 13.5. The largest absolute Gasteiger partial charge is 0.573 e. The molecule has 2 aromatic carbocycles. The van der Waals surface area contributed by atoms with Gasteiger partial charge >= 0.3 is 6.36 Å². The summed E-state index contributed by atoms with van der Waals surface area (Å²) in [5.74, 6) is -1.14. The van der Waals surface area contributed by atoms with Gasteiger partial charge in [-0.05, 0) is 24.3 Å². The van der Waals surface area contributed by atoms with Crippen LogP contribution in [0.25, 0.3) is 0 Å². The zero-order valence-electron chi connectivity index (χ0n) is 15.0. The summed E-state index contributed by atoms with van der Waals surface area (Å²) in [7, 11) is 0. The van der Waals surface area contributed by atoms with Gasteiger partial charge in [0.2, 0.25) is 0 Å². The number of nitrogens with one attached hydrogen (secondary N) is 3. The standard InChI is InChI=1S/C19H13ClF4N4O2/c20-13-6-5-11(21)8-14(13)26-17-12(9-25)18(29)28-16(27-17)7-10-3-1-2-4-15(10)30-19(22,23)24/h1-6,8-9,25H,7H2,(H2,26,27,28,29). The second-order valence-electron chi connectivity index (χ2n) is 6.00. The van der Waals surface area contributed by atoms with Gasteiger partial charge in [-0.1, -0.05) is 29.8 Å². The molecule has 156 valence electrons. The highest BCUT2D eigenvalue weighted by Gasteiger charge is 2.32. The number of benzene rings is 2. The molecule has 0 amide bonds. The number of anilines is 2. The lowest BCUT2D eigenvalue weighted by molar-refractivity contribution is -0.274. The molecule has 0 saturated carbocycles. The van der Waals surface area contributed by atoms with Crippen molar-refractivity contribution in [3.8, 4) is 5.75 Å². The van der Waals surface area contributed by atoms with Gasteiger partial charge in [-0.3, -0.25) is 4.79 Å². The molecule has 30 heavy (non-hydrogen) atoms. The molecule has 0 saturated heterocycles. The van der Waals surface area contributed by atoms with Crippen LogP contribution in [-0.4, -0.2) is 22.5 Å². The third-order valence-electron chi connectivity index (χ3n) is 3.89. The molecule has 0 spiro atoms. The van der Waals surface area contributed by atoms with Gasteiger partial charge in [-0.15, -0.1) is 13.2 Å². The zero-order valence-corrected chi connectivity index (χ0v) is 15.7. The molecule has 0 fully saturated rings. The van der Waals surface area contributed by atoms with Crippen LogP contribution in [-0.2, 0) is 6.42 Å². The number of alkyl halides is 3. The van der Waals surface area contributed by atoms with Gasteiger partial charge in [0.25, 0.3) is 5.56 Å². The summed E-state index contributed by atoms with van der Waals surface area (Å²) in [6.45, 7) is 0. The van der Waals surface area contributed by atoms with E-state index >= 15 is 0 Å². The summed E-state index contributed by atoms with van der Waals surface area (Å²) in [4.78, 5) is 18.9. The van der Waals surface area contributed by atoms with Crippen molar-refractivity contribution in [1.29, 1.82) is 5.41 Å². The number of para-hydroxylation sites is 1. The molecule has 0 aliphatic heterocycles. The van der Waals surface area contributed by atoms with Crippen molar-refractivity contribution in [3.05, 3.63) is 80.6 Å². The summed E-state index contributed by atoms with van der Waals surface area (Å²) in [6, 6.07) is 8.92. The van der Waals surface area contributed by atoms with E-state index in [1.54, 1.807) is 0 Å². The van der Waals surface area contributed by atoms with Crippen LogP contribution in [0.1, 0.15) is 17.0 Å². The van der Waals surface area contributed by atoms with E-state index in [-0.39, 0.29) is 39.9 Å². The smallest absolute Gasteiger partial charge is 0.405 e. The van der Waals surface area contributed by atoms with E-state index < -0.39 is 23.5 Å². The molecule has 6 nitrogen and oxygen atoms in total. The lowest BCUT2D eigenvalue weighted by Crippen LogP contribution is -2.20. The number of rotatable bonds is 6. The van der Waals surface area contributed by atoms with E-state index in [0.717, 1.165) is 24.4 Å². The summed E-state index contributed by atoms with van der Waals surface area (Å²) >= 11 is 6.01. The molecule has 0 atom stereocenters. The first-order chi connectivity index (χ1) is 14.2. The monoisotopic (exact) mass is 440 g/mol. The van der Waals surface area contributed by atoms with Crippen molar-refractivity contribution in [1.82, 2.24) is 9.97 Å². The number of H-pyrrole nitrogens is 1. The average molecular weight is 441 g/mol. The second-order valence-corrected chi connectivity index (χ2v) is 6.41. The number of hydrogen-bond acceptors (Lipinski definition) is 5. The minimum absolute atomic E-state index is 0.00106. The molecule has 0 bridgehead atoms. The Kier molecular flexibility index (Phi) is 6.06. The molecule has 0 radical (unpaired) electrons. The molecule has 1 heterocycles. The van der Waals surface area contributed by atoms with Crippen LogP contribution in [0.4, 0.5) is 29.1 Å². The summed E-state index contributed by atoms with van der Waals surface area (Å²) in [5, 5.41) is 10.3. The van der Waals surface area contributed by atoms with Crippen molar-refractivity contribution < 1.29 is 22.3 Å². The summed E-state index contributed by atoms with van der Waals surface area (Å²) < 4.78 is 55.4. The Labute approximate surface area is 172 Å². The van der Waals surface area contributed by atoms with Gasteiger partial charge < -0.3 is 20.4 Å². The van der Waals surface area contributed by atoms with Gasteiger partial charge in [-0.2, -0.15) is 0 Å². The fraction of sp³-hybridized carbons (Fsp3) is 0.105. The summed E-state index contributed by atoms with van der Waals surface area (Å²) in [5.41, 5.74) is -0.655. The molecular formula is C19H13ClF4N4O2. The number of nitrogens with zero attached hydrogens (tertiary/aromatic N) is 1.